The summed E-state index contributed by atoms with van der Waals surface area (Å²) in [6, 6.07) is 0. The van der Waals surface area contributed by atoms with Gasteiger partial charge in [-0.3, -0.25) is 14.4 Å². The van der Waals surface area contributed by atoms with Gasteiger partial charge in [0.1, 0.15) is 13.2 Å². The van der Waals surface area contributed by atoms with Gasteiger partial charge in [0.2, 0.25) is 0 Å². The van der Waals surface area contributed by atoms with E-state index in [1.165, 1.54) is 173 Å². The molecule has 0 N–H and O–H groups in total. The van der Waals surface area contributed by atoms with Crippen LogP contribution in [-0.4, -0.2) is 37.2 Å². The zero-order valence-electron chi connectivity index (χ0n) is 51.0. The van der Waals surface area contributed by atoms with Gasteiger partial charge in [0.05, 0.1) is 0 Å². The summed E-state index contributed by atoms with van der Waals surface area (Å²) in [4.78, 5) is 38.3. The number of esters is 3. The summed E-state index contributed by atoms with van der Waals surface area (Å²) < 4.78 is 16.9. The summed E-state index contributed by atoms with van der Waals surface area (Å²) >= 11 is 0. The van der Waals surface area contributed by atoms with Crippen LogP contribution in [0.1, 0.15) is 329 Å². The van der Waals surface area contributed by atoms with E-state index >= 15 is 0 Å². The molecular weight excluding hydrogens is 949 g/mol. The summed E-state index contributed by atoms with van der Waals surface area (Å²) in [5.41, 5.74) is 0. The largest absolute Gasteiger partial charge is 0.462 e. The van der Waals surface area contributed by atoms with E-state index in [1.807, 2.05) is 0 Å². The van der Waals surface area contributed by atoms with Crippen LogP contribution in [-0.2, 0) is 28.6 Å². The van der Waals surface area contributed by atoms with Gasteiger partial charge in [-0.1, -0.05) is 279 Å². The number of allylic oxidation sites excluding steroid dienone is 14. The van der Waals surface area contributed by atoms with Crippen molar-refractivity contribution >= 4 is 17.9 Å². The minimum Gasteiger partial charge on any atom is -0.462 e. The highest BCUT2D eigenvalue weighted by atomic mass is 16.6. The molecule has 0 aromatic rings. The quantitative estimate of drug-likeness (QED) is 0.0261. The van der Waals surface area contributed by atoms with E-state index in [-0.39, 0.29) is 31.1 Å². The molecule has 0 aliphatic rings. The van der Waals surface area contributed by atoms with Gasteiger partial charge in [-0.25, -0.2) is 0 Å². The molecule has 0 amide bonds. The molecule has 0 aliphatic heterocycles. The number of hydrogen-bond acceptors (Lipinski definition) is 6. The van der Waals surface area contributed by atoms with Gasteiger partial charge < -0.3 is 14.2 Å². The third-order valence-electron chi connectivity index (χ3n) is 14.4. The van der Waals surface area contributed by atoms with E-state index in [4.69, 9.17) is 14.2 Å². The Morgan fingerprint density at radius 2 is 0.506 bits per heavy atom. The lowest BCUT2D eigenvalue weighted by Gasteiger charge is -2.18. The molecular formula is C71H124O6. The maximum absolute atomic E-state index is 12.9. The number of hydrogen-bond donors (Lipinski definition) is 0. The molecule has 0 radical (unpaired) electrons. The molecule has 0 saturated carbocycles. The highest BCUT2D eigenvalue weighted by Gasteiger charge is 2.19. The van der Waals surface area contributed by atoms with Crippen LogP contribution < -0.4 is 0 Å². The normalized spacial score (nSPS) is 12.6. The molecule has 0 rings (SSSR count). The maximum Gasteiger partial charge on any atom is 0.306 e. The summed E-state index contributed by atoms with van der Waals surface area (Å²) in [6.07, 6.45) is 85.9. The molecule has 0 bridgehead atoms. The zero-order chi connectivity index (χ0) is 55.7. The Balaban J connectivity index is 4.30. The fraction of sp³-hybridized carbons (Fsp3) is 0.761. The van der Waals surface area contributed by atoms with Gasteiger partial charge in [-0.05, 0) is 116 Å². The standard InChI is InChI=1S/C71H124O6/c1-4-7-10-13-16-19-22-25-28-31-32-33-34-35-36-37-38-39-40-41-44-46-49-52-55-58-61-64-70(73)76-67-68(77-71(74)65-62-59-56-53-50-47-43-30-27-24-21-18-15-12-9-6-3)66-75-69(72)63-60-57-54-51-48-45-42-29-26-23-20-17-14-11-8-5-2/h7,10,16,19,21,24-25,28-30,32-33,42-43,68H,4-6,8-9,11-15,17-18,20,22-23,26-27,31,34-41,44-67H2,1-3H3/b10-7-,19-16-,24-21-,28-25-,33-32-,42-29-,43-30-. The number of carbonyl (C=O) groups excluding carboxylic acids is 3. The Kier molecular flexibility index (Phi) is 62.2. The number of unbranched alkanes of at least 4 members (excludes halogenated alkanes) is 35. The van der Waals surface area contributed by atoms with E-state index < -0.39 is 6.10 Å². The van der Waals surface area contributed by atoms with Crippen LogP contribution in [0, 0.1) is 0 Å². The van der Waals surface area contributed by atoms with Crippen molar-refractivity contribution in [3.05, 3.63) is 85.1 Å². The van der Waals surface area contributed by atoms with Gasteiger partial charge in [0.25, 0.3) is 0 Å². The van der Waals surface area contributed by atoms with Gasteiger partial charge >= 0.3 is 17.9 Å². The van der Waals surface area contributed by atoms with Crippen molar-refractivity contribution in [2.24, 2.45) is 0 Å². The van der Waals surface area contributed by atoms with Crippen LogP contribution in [0.4, 0.5) is 0 Å². The fourth-order valence-corrected chi connectivity index (χ4v) is 9.40. The van der Waals surface area contributed by atoms with E-state index in [0.29, 0.717) is 19.3 Å². The van der Waals surface area contributed by atoms with Crippen LogP contribution in [0.2, 0.25) is 0 Å². The van der Waals surface area contributed by atoms with Gasteiger partial charge in [-0.15, -0.1) is 0 Å². The topological polar surface area (TPSA) is 78.9 Å². The monoisotopic (exact) mass is 1070 g/mol. The first-order valence-electron chi connectivity index (χ1n) is 33.1. The SMILES string of the molecule is CC/C=C\C/C=C\C/C=C\C/C=C\CCCCCCCCCCCCCCCCC(=O)OCC(COC(=O)CCCCCCC/C=C\CCCCCCCCC)OC(=O)CCCCCCC/C=C\C/C=C\CCCCCC. The predicted molar refractivity (Wildman–Crippen MR) is 334 cm³/mol. The van der Waals surface area contributed by atoms with Crippen molar-refractivity contribution in [1.29, 1.82) is 0 Å². The van der Waals surface area contributed by atoms with E-state index in [2.05, 4.69) is 106 Å². The van der Waals surface area contributed by atoms with Crippen molar-refractivity contribution in [3.63, 3.8) is 0 Å². The summed E-state index contributed by atoms with van der Waals surface area (Å²) in [5, 5.41) is 0. The first-order chi connectivity index (χ1) is 38.0. The second-order valence-electron chi connectivity index (χ2n) is 22.0. The summed E-state index contributed by atoms with van der Waals surface area (Å²) in [5.74, 6) is -0.892. The van der Waals surface area contributed by atoms with Gasteiger partial charge in [0.15, 0.2) is 6.10 Å². The second-order valence-corrected chi connectivity index (χ2v) is 22.0. The first-order valence-corrected chi connectivity index (χ1v) is 33.1. The molecule has 0 spiro atoms. The van der Waals surface area contributed by atoms with Crippen molar-refractivity contribution in [1.82, 2.24) is 0 Å². The summed E-state index contributed by atoms with van der Waals surface area (Å²) in [6.45, 7) is 6.52. The molecule has 1 atom stereocenters. The Morgan fingerprint density at radius 3 is 0.818 bits per heavy atom. The van der Waals surface area contributed by atoms with Crippen molar-refractivity contribution in [3.8, 4) is 0 Å². The molecule has 0 heterocycles. The Labute approximate surface area is 477 Å². The lowest BCUT2D eigenvalue weighted by molar-refractivity contribution is -0.167. The average molecular weight is 1070 g/mol. The molecule has 0 aliphatic carbocycles. The van der Waals surface area contributed by atoms with Crippen LogP contribution >= 0.6 is 0 Å². The van der Waals surface area contributed by atoms with Crippen molar-refractivity contribution in [2.45, 2.75) is 335 Å². The smallest absolute Gasteiger partial charge is 0.306 e. The highest BCUT2D eigenvalue weighted by Crippen LogP contribution is 2.16. The van der Waals surface area contributed by atoms with Gasteiger partial charge in [-0.2, -0.15) is 0 Å². The zero-order valence-corrected chi connectivity index (χ0v) is 51.0. The summed E-state index contributed by atoms with van der Waals surface area (Å²) in [7, 11) is 0. The van der Waals surface area contributed by atoms with E-state index in [0.717, 1.165) is 116 Å². The van der Waals surface area contributed by atoms with Crippen molar-refractivity contribution in [2.75, 3.05) is 13.2 Å². The Morgan fingerprint density at radius 1 is 0.273 bits per heavy atom. The average Bonchev–Trinajstić information content (AvgIpc) is 3.43. The molecule has 1 unspecified atom stereocenters. The molecule has 77 heavy (non-hydrogen) atoms. The third kappa shape index (κ3) is 63.3. The highest BCUT2D eigenvalue weighted by molar-refractivity contribution is 5.71. The fourth-order valence-electron chi connectivity index (χ4n) is 9.40. The van der Waals surface area contributed by atoms with Gasteiger partial charge in [0, 0.05) is 19.3 Å². The maximum atomic E-state index is 12.9. The molecule has 6 nitrogen and oxygen atoms in total. The molecule has 0 saturated heterocycles. The van der Waals surface area contributed by atoms with Crippen molar-refractivity contribution < 1.29 is 28.6 Å². The molecule has 0 fully saturated rings. The Bertz CT molecular complexity index is 1470. The van der Waals surface area contributed by atoms with Crippen LogP contribution in [0.15, 0.2) is 85.1 Å². The molecule has 0 aromatic heterocycles. The molecule has 444 valence electrons. The predicted octanol–water partition coefficient (Wildman–Crippen LogP) is 22.7. The lowest BCUT2D eigenvalue weighted by Crippen LogP contribution is -2.30. The van der Waals surface area contributed by atoms with Crippen LogP contribution in [0.3, 0.4) is 0 Å². The third-order valence-corrected chi connectivity index (χ3v) is 14.4. The lowest BCUT2D eigenvalue weighted by atomic mass is 10.0. The second kappa shape index (κ2) is 65.1. The number of rotatable bonds is 60. The first kappa shape index (κ1) is 73.6. The number of carbonyl (C=O) groups is 3. The molecule has 6 heteroatoms. The Hall–Kier alpha value is -3.41. The van der Waals surface area contributed by atoms with E-state index in [1.54, 1.807) is 0 Å². The van der Waals surface area contributed by atoms with Crippen LogP contribution in [0.25, 0.3) is 0 Å². The minimum atomic E-state index is -0.788. The van der Waals surface area contributed by atoms with E-state index in [9.17, 15) is 14.4 Å². The molecule has 0 aromatic carbocycles. The number of ether oxygens (including phenoxy) is 3. The minimum absolute atomic E-state index is 0.0830. The van der Waals surface area contributed by atoms with Crippen LogP contribution in [0.5, 0.6) is 0 Å².